The van der Waals surface area contributed by atoms with Crippen molar-refractivity contribution in [2.24, 2.45) is 17.8 Å². The molecule has 6 nitrogen and oxygen atoms in total. The highest BCUT2D eigenvalue weighted by Gasteiger charge is 2.43. The number of hydrogen-bond acceptors (Lipinski definition) is 6. The quantitative estimate of drug-likeness (QED) is 0.757. The molecule has 3 fully saturated rings. The van der Waals surface area contributed by atoms with Crippen LogP contribution in [0.5, 0.6) is 0 Å². The van der Waals surface area contributed by atoms with Gasteiger partial charge >= 0.3 is 0 Å². The number of piperidine rings is 1. The Morgan fingerprint density at radius 3 is 2.77 bits per heavy atom. The van der Waals surface area contributed by atoms with E-state index in [4.69, 9.17) is 4.74 Å². The summed E-state index contributed by atoms with van der Waals surface area (Å²) < 4.78 is 29.3. The lowest BCUT2D eigenvalue weighted by molar-refractivity contribution is 0.0412. The molecule has 0 aromatic carbocycles. The van der Waals surface area contributed by atoms with Gasteiger partial charge in [-0.15, -0.1) is 0 Å². The maximum atomic E-state index is 11.8. The third-order valence-electron chi connectivity index (χ3n) is 6.89. The van der Waals surface area contributed by atoms with Crippen LogP contribution in [0.2, 0.25) is 0 Å². The Hall–Kier alpha value is -0.630. The summed E-state index contributed by atoms with van der Waals surface area (Å²) in [5.74, 6) is 1.65. The zero-order valence-corrected chi connectivity index (χ0v) is 16.8. The van der Waals surface area contributed by atoms with E-state index in [0.717, 1.165) is 32.8 Å². The molecule has 148 valence electrons. The Morgan fingerprint density at radius 2 is 2.08 bits per heavy atom. The van der Waals surface area contributed by atoms with Gasteiger partial charge in [0.05, 0.1) is 6.61 Å². The van der Waals surface area contributed by atoms with Gasteiger partial charge in [0.15, 0.2) is 9.84 Å². The number of fused-ring (bicyclic) bond motifs is 1. The van der Waals surface area contributed by atoms with Gasteiger partial charge in [-0.1, -0.05) is 6.92 Å². The molecule has 4 aliphatic heterocycles. The van der Waals surface area contributed by atoms with Gasteiger partial charge in [0.2, 0.25) is 0 Å². The lowest BCUT2D eigenvalue weighted by Gasteiger charge is -2.43. The highest BCUT2D eigenvalue weighted by atomic mass is 32.2. The van der Waals surface area contributed by atoms with Crippen molar-refractivity contribution >= 4 is 9.84 Å². The first-order valence-electron chi connectivity index (χ1n) is 10.2. The van der Waals surface area contributed by atoms with Crippen LogP contribution in [0.4, 0.5) is 0 Å². The number of hydrogen-bond donors (Lipinski definition) is 2. The molecule has 0 aromatic heterocycles. The van der Waals surface area contributed by atoms with Gasteiger partial charge in [0.1, 0.15) is 5.03 Å². The lowest BCUT2D eigenvalue weighted by atomic mass is 9.86. The number of nitrogens with one attached hydrogen (secondary N) is 2. The van der Waals surface area contributed by atoms with Crippen molar-refractivity contribution in [1.29, 1.82) is 0 Å². The summed E-state index contributed by atoms with van der Waals surface area (Å²) in [5.41, 5.74) is 0. The van der Waals surface area contributed by atoms with Gasteiger partial charge in [0, 0.05) is 50.6 Å². The summed E-state index contributed by atoms with van der Waals surface area (Å²) in [6.07, 6.45) is 8.14. The van der Waals surface area contributed by atoms with Crippen molar-refractivity contribution in [2.75, 3.05) is 39.1 Å². The molecule has 0 aromatic rings. The summed E-state index contributed by atoms with van der Waals surface area (Å²) in [6, 6.07) is 1.65. The Bertz CT molecular complexity index is 644. The van der Waals surface area contributed by atoms with E-state index in [0.29, 0.717) is 35.0 Å². The predicted molar refractivity (Wildman–Crippen MR) is 102 cm³/mol. The fourth-order valence-corrected chi connectivity index (χ4v) is 6.22. The van der Waals surface area contributed by atoms with Crippen molar-refractivity contribution in [1.82, 2.24) is 15.5 Å². The summed E-state index contributed by atoms with van der Waals surface area (Å²) >= 11 is 0. The van der Waals surface area contributed by atoms with Crippen molar-refractivity contribution in [3.63, 3.8) is 0 Å². The van der Waals surface area contributed by atoms with E-state index in [1.54, 1.807) is 0 Å². The topological polar surface area (TPSA) is 70.7 Å². The Kier molecular flexibility index (Phi) is 5.34. The number of rotatable bonds is 3. The summed E-state index contributed by atoms with van der Waals surface area (Å²) in [5, 5.41) is 7.47. The van der Waals surface area contributed by atoms with E-state index in [2.05, 4.69) is 22.5 Å². The van der Waals surface area contributed by atoms with Crippen LogP contribution in [0.1, 0.15) is 32.6 Å². The number of likely N-dealkylation sites (tertiary alicyclic amines) is 1. The standard InChI is InChI=1S/C19H33N3O3S/c1-13-8-19(26(2,23)24)20-10-18(13)22-6-5-16-15(11-22)9-17(21-16)14-4-3-7-25-12-14/h8,13-18,20-21H,3-7,9-12H2,1-2H3. The monoisotopic (exact) mass is 383 g/mol. The molecule has 0 saturated carbocycles. The maximum absolute atomic E-state index is 11.8. The van der Waals surface area contributed by atoms with E-state index in [1.807, 2.05) is 6.08 Å². The van der Waals surface area contributed by atoms with Gasteiger partial charge in [0.25, 0.3) is 0 Å². The van der Waals surface area contributed by atoms with E-state index in [-0.39, 0.29) is 5.92 Å². The van der Waals surface area contributed by atoms with Gasteiger partial charge < -0.3 is 15.4 Å². The SMILES string of the molecule is CC1C=C(S(C)(=O)=O)NCC1N1CCC2NC(C3CCCOC3)CC2C1. The number of sulfone groups is 1. The van der Waals surface area contributed by atoms with Gasteiger partial charge in [-0.2, -0.15) is 0 Å². The van der Waals surface area contributed by atoms with E-state index < -0.39 is 9.84 Å². The van der Waals surface area contributed by atoms with Crippen molar-refractivity contribution in [3.8, 4) is 0 Å². The van der Waals surface area contributed by atoms with Crippen molar-refractivity contribution in [3.05, 3.63) is 11.1 Å². The minimum Gasteiger partial charge on any atom is -0.381 e. The third-order valence-corrected chi connectivity index (χ3v) is 7.97. The van der Waals surface area contributed by atoms with Crippen LogP contribution in [0.25, 0.3) is 0 Å². The fourth-order valence-electron chi connectivity index (χ4n) is 5.42. The van der Waals surface area contributed by atoms with Gasteiger partial charge in [-0.25, -0.2) is 8.42 Å². The molecule has 6 atom stereocenters. The minimum atomic E-state index is -3.14. The second-order valence-corrected chi connectivity index (χ2v) is 10.7. The molecule has 26 heavy (non-hydrogen) atoms. The van der Waals surface area contributed by atoms with E-state index in [1.165, 1.54) is 31.9 Å². The Morgan fingerprint density at radius 1 is 1.23 bits per heavy atom. The predicted octanol–water partition coefficient (Wildman–Crippen LogP) is 0.959. The minimum absolute atomic E-state index is 0.259. The van der Waals surface area contributed by atoms with Crippen LogP contribution >= 0.6 is 0 Å². The van der Waals surface area contributed by atoms with Crippen LogP contribution in [0.15, 0.2) is 11.1 Å². The van der Waals surface area contributed by atoms with Gasteiger partial charge in [-0.3, -0.25) is 4.90 Å². The fraction of sp³-hybridized carbons (Fsp3) is 0.895. The average Bonchev–Trinajstić information content (AvgIpc) is 3.05. The van der Waals surface area contributed by atoms with Crippen LogP contribution in [0, 0.1) is 17.8 Å². The first-order chi connectivity index (χ1) is 12.4. The summed E-state index contributed by atoms with van der Waals surface area (Å²) in [4.78, 5) is 2.59. The molecule has 4 rings (SSSR count). The van der Waals surface area contributed by atoms with E-state index in [9.17, 15) is 8.42 Å². The second-order valence-electron chi connectivity index (χ2n) is 8.75. The van der Waals surface area contributed by atoms with Crippen molar-refractivity contribution < 1.29 is 13.2 Å². The largest absolute Gasteiger partial charge is 0.381 e. The first kappa shape index (κ1) is 18.7. The van der Waals surface area contributed by atoms with Crippen LogP contribution < -0.4 is 10.6 Å². The maximum Gasteiger partial charge on any atom is 0.190 e. The molecule has 2 N–H and O–H groups in total. The highest BCUT2D eigenvalue weighted by Crippen LogP contribution is 2.35. The number of ether oxygens (including phenoxy) is 1. The lowest BCUT2D eigenvalue weighted by Crippen LogP contribution is -2.55. The summed E-state index contributed by atoms with van der Waals surface area (Å²) in [7, 11) is -3.14. The molecule has 3 saturated heterocycles. The summed E-state index contributed by atoms with van der Waals surface area (Å²) in [6.45, 7) is 6.95. The molecule has 0 bridgehead atoms. The third kappa shape index (κ3) is 3.81. The second kappa shape index (κ2) is 7.41. The molecular weight excluding hydrogens is 350 g/mol. The van der Waals surface area contributed by atoms with Crippen LogP contribution in [-0.4, -0.2) is 70.5 Å². The van der Waals surface area contributed by atoms with Crippen molar-refractivity contribution in [2.45, 2.75) is 50.7 Å². The molecule has 4 heterocycles. The van der Waals surface area contributed by atoms with Gasteiger partial charge in [-0.05, 0) is 49.5 Å². The highest BCUT2D eigenvalue weighted by molar-refractivity contribution is 7.94. The molecule has 0 aliphatic carbocycles. The molecule has 0 amide bonds. The molecular formula is C19H33N3O3S. The first-order valence-corrected chi connectivity index (χ1v) is 12.0. The molecule has 4 aliphatic rings. The normalized spacial score (nSPS) is 42.0. The van der Waals surface area contributed by atoms with Crippen LogP contribution in [0.3, 0.4) is 0 Å². The molecule has 7 heteroatoms. The molecule has 0 radical (unpaired) electrons. The zero-order valence-electron chi connectivity index (χ0n) is 16.0. The molecule has 0 spiro atoms. The Balaban J connectivity index is 1.37. The van der Waals surface area contributed by atoms with E-state index >= 15 is 0 Å². The Labute approximate surface area is 157 Å². The van der Waals surface area contributed by atoms with Crippen LogP contribution in [-0.2, 0) is 14.6 Å². The number of nitrogens with zero attached hydrogens (tertiary/aromatic N) is 1. The smallest absolute Gasteiger partial charge is 0.190 e. The molecule has 6 unspecified atom stereocenters. The average molecular weight is 384 g/mol. The zero-order chi connectivity index (χ0) is 18.3.